The number of carboxylic acid groups (broad SMARTS) is 1. The Hall–Kier alpha value is -1.26. The van der Waals surface area contributed by atoms with Crippen LogP contribution in [-0.2, 0) is 4.79 Å². The number of carboxylic acids is 1. The summed E-state index contributed by atoms with van der Waals surface area (Å²) in [7, 11) is 1.83. The topological polar surface area (TPSA) is 69.6 Å². The van der Waals surface area contributed by atoms with E-state index in [2.05, 4.69) is 5.32 Å². The number of unbranched alkanes of at least 4 members (excludes halogenated alkanes) is 3. The van der Waals surface area contributed by atoms with Crippen LogP contribution in [0.5, 0.6) is 0 Å². The molecule has 18 heavy (non-hydrogen) atoms. The molecule has 0 unspecified atom stereocenters. The highest BCUT2D eigenvalue weighted by molar-refractivity contribution is 5.73. The molecule has 0 spiro atoms. The number of carbonyl (C=O) groups is 2. The van der Waals surface area contributed by atoms with Crippen molar-refractivity contribution in [3.63, 3.8) is 0 Å². The van der Waals surface area contributed by atoms with Crippen LogP contribution in [0.1, 0.15) is 44.9 Å². The van der Waals surface area contributed by atoms with Crippen LogP contribution >= 0.6 is 0 Å². The third-order valence-electron chi connectivity index (χ3n) is 3.17. The second kappa shape index (κ2) is 7.95. The van der Waals surface area contributed by atoms with E-state index in [0.29, 0.717) is 6.54 Å². The Balaban J connectivity index is 1.89. The summed E-state index contributed by atoms with van der Waals surface area (Å²) in [5, 5.41) is 11.4. The largest absolute Gasteiger partial charge is 0.481 e. The molecule has 0 radical (unpaired) electrons. The Bertz CT molecular complexity index is 277. The monoisotopic (exact) mass is 256 g/mol. The fourth-order valence-electron chi connectivity index (χ4n) is 1.86. The lowest BCUT2D eigenvalue weighted by molar-refractivity contribution is -0.137. The van der Waals surface area contributed by atoms with Crippen LogP contribution < -0.4 is 5.32 Å². The van der Waals surface area contributed by atoms with E-state index in [0.717, 1.165) is 38.1 Å². The van der Waals surface area contributed by atoms with Gasteiger partial charge < -0.3 is 15.3 Å². The van der Waals surface area contributed by atoms with Gasteiger partial charge in [0.15, 0.2) is 0 Å². The van der Waals surface area contributed by atoms with E-state index in [1.165, 1.54) is 12.8 Å². The fourth-order valence-corrected chi connectivity index (χ4v) is 1.86. The predicted octanol–water partition coefficient (Wildman–Crippen LogP) is 2.07. The molecule has 1 saturated carbocycles. The molecular formula is C13H24N2O3. The van der Waals surface area contributed by atoms with E-state index >= 15 is 0 Å². The Morgan fingerprint density at radius 1 is 1.22 bits per heavy atom. The summed E-state index contributed by atoms with van der Waals surface area (Å²) < 4.78 is 0. The molecule has 2 amide bonds. The number of nitrogens with one attached hydrogen (secondary N) is 1. The van der Waals surface area contributed by atoms with Gasteiger partial charge in [-0.1, -0.05) is 12.8 Å². The number of hydrogen-bond acceptors (Lipinski definition) is 2. The predicted molar refractivity (Wildman–Crippen MR) is 69.5 cm³/mol. The minimum atomic E-state index is -0.731. The van der Waals surface area contributed by atoms with E-state index in [-0.39, 0.29) is 12.5 Å². The van der Waals surface area contributed by atoms with Gasteiger partial charge in [-0.05, 0) is 31.6 Å². The van der Waals surface area contributed by atoms with Crippen molar-refractivity contribution < 1.29 is 14.7 Å². The lowest BCUT2D eigenvalue weighted by Gasteiger charge is -2.17. The second-order valence-corrected chi connectivity index (χ2v) is 5.11. The minimum Gasteiger partial charge on any atom is -0.481 e. The molecule has 1 rings (SSSR count). The molecule has 0 aromatic carbocycles. The SMILES string of the molecule is CN(CC1CC1)C(=O)NCCCCCCC(=O)O. The number of hydrogen-bond donors (Lipinski definition) is 2. The molecule has 0 aliphatic heterocycles. The van der Waals surface area contributed by atoms with Crippen LogP contribution in [-0.4, -0.2) is 42.1 Å². The number of carbonyl (C=O) groups excluding carboxylic acids is 1. The molecule has 0 bridgehead atoms. The first-order valence-electron chi connectivity index (χ1n) is 6.80. The fraction of sp³-hybridized carbons (Fsp3) is 0.846. The number of aliphatic carboxylic acids is 1. The molecule has 104 valence electrons. The van der Waals surface area contributed by atoms with Gasteiger partial charge in [-0.2, -0.15) is 0 Å². The Morgan fingerprint density at radius 3 is 2.50 bits per heavy atom. The maximum Gasteiger partial charge on any atom is 0.317 e. The third kappa shape index (κ3) is 7.14. The molecular weight excluding hydrogens is 232 g/mol. The summed E-state index contributed by atoms with van der Waals surface area (Å²) in [4.78, 5) is 23.7. The van der Waals surface area contributed by atoms with E-state index in [9.17, 15) is 9.59 Å². The molecule has 0 heterocycles. The van der Waals surface area contributed by atoms with Crippen LogP contribution in [0.25, 0.3) is 0 Å². The van der Waals surface area contributed by atoms with Gasteiger partial charge in [0.2, 0.25) is 0 Å². The molecule has 0 aromatic heterocycles. The second-order valence-electron chi connectivity index (χ2n) is 5.11. The highest BCUT2D eigenvalue weighted by atomic mass is 16.4. The number of rotatable bonds is 9. The molecule has 0 saturated heterocycles. The highest BCUT2D eigenvalue weighted by Crippen LogP contribution is 2.29. The molecule has 1 fully saturated rings. The number of amides is 2. The lowest BCUT2D eigenvalue weighted by Crippen LogP contribution is -2.38. The summed E-state index contributed by atoms with van der Waals surface area (Å²) in [5.41, 5.74) is 0. The maximum absolute atomic E-state index is 11.6. The summed E-state index contributed by atoms with van der Waals surface area (Å²) in [6.07, 6.45) is 6.28. The first-order valence-corrected chi connectivity index (χ1v) is 6.80. The molecule has 1 aliphatic rings. The van der Waals surface area contributed by atoms with Gasteiger partial charge in [-0.25, -0.2) is 4.79 Å². The average Bonchev–Trinajstić information content (AvgIpc) is 3.10. The average molecular weight is 256 g/mol. The van der Waals surface area contributed by atoms with Crippen molar-refractivity contribution in [2.45, 2.75) is 44.9 Å². The smallest absolute Gasteiger partial charge is 0.317 e. The van der Waals surface area contributed by atoms with Crippen molar-refractivity contribution in [2.75, 3.05) is 20.1 Å². The zero-order valence-electron chi connectivity index (χ0n) is 11.2. The van der Waals surface area contributed by atoms with Crippen LogP contribution in [0, 0.1) is 5.92 Å². The normalized spacial score (nSPS) is 14.3. The Kier molecular flexibility index (Phi) is 6.54. The van der Waals surface area contributed by atoms with Gasteiger partial charge in [0.25, 0.3) is 0 Å². The van der Waals surface area contributed by atoms with Crippen LogP contribution in [0.2, 0.25) is 0 Å². The summed E-state index contributed by atoms with van der Waals surface area (Å²) in [5.74, 6) is -0.0122. The van der Waals surface area contributed by atoms with Crippen LogP contribution in [0.3, 0.4) is 0 Å². The number of nitrogens with zero attached hydrogens (tertiary/aromatic N) is 1. The van der Waals surface area contributed by atoms with Gasteiger partial charge in [-0.15, -0.1) is 0 Å². The minimum absolute atomic E-state index is 0.00689. The lowest BCUT2D eigenvalue weighted by atomic mass is 10.1. The van der Waals surface area contributed by atoms with Gasteiger partial charge in [-0.3, -0.25) is 4.79 Å². The maximum atomic E-state index is 11.6. The van der Waals surface area contributed by atoms with E-state index in [4.69, 9.17) is 5.11 Å². The van der Waals surface area contributed by atoms with Gasteiger partial charge >= 0.3 is 12.0 Å². The number of urea groups is 1. The Morgan fingerprint density at radius 2 is 1.89 bits per heavy atom. The van der Waals surface area contributed by atoms with Gasteiger partial charge in [0.05, 0.1) is 0 Å². The van der Waals surface area contributed by atoms with E-state index in [1.54, 1.807) is 4.90 Å². The van der Waals surface area contributed by atoms with Crippen molar-refractivity contribution in [1.29, 1.82) is 0 Å². The van der Waals surface area contributed by atoms with Crippen molar-refractivity contribution in [3.05, 3.63) is 0 Å². The van der Waals surface area contributed by atoms with Crippen molar-refractivity contribution in [1.82, 2.24) is 10.2 Å². The summed E-state index contributed by atoms with van der Waals surface area (Å²) >= 11 is 0. The van der Waals surface area contributed by atoms with Crippen LogP contribution in [0.4, 0.5) is 4.79 Å². The van der Waals surface area contributed by atoms with Crippen LogP contribution in [0.15, 0.2) is 0 Å². The highest BCUT2D eigenvalue weighted by Gasteiger charge is 2.24. The van der Waals surface area contributed by atoms with Crippen molar-refractivity contribution >= 4 is 12.0 Å². The first-order chi connectivity index (χ1) is 8.59. The van der Waals surface area contributed by atoms with Crippen molar-refractivity contribution in [2.24, 2.45) is 5.92 Å². The molecule has 5 nitrogen and oxygen atoms in total. The third-order valence-corrected chi connectivity index (χ3v) is 3.17. The van der Waals surface area contributed by atoms with Gasteiger partial charge in [0, 0.05) is 26.6 Å². The first kappa shape index (κ1) is 14.8. The molecule has 1 aliphatic carbocycles. The van der Waals surface area contributed by atoms with Gasteiger partial charge in [0.1, 0.15) is 0 Å². The zero-order chi connectivity index (χ0) is 13.4. The zero-order valence-corrected chi connectivity index (χ0v) is 11.2. The quantitative estimate of drug-likeness (QED) is 0.620. The van der Waals surface area contributed by atoms with Crippen molar-refractivity contribution in [3.8, 4) is 0 Å². The molecule has 5 heteroatoms. The summed E-state index contributed by atoms with van der Waals surface area (Å²) in [6, 6.07) is 0.00689. The Labute approximate surface area is 109 Å². The standard InChI is InChI=1S/C13H24N2O3/c1-15(10-11-7-8-11)13(18)14-9-5-3-2-4-6-12(16)17/h11H,2-10H2,1H3,(H,14,18)(H,16,17). The summed E-state index contributed by atoms with van der Waals surface area (Å²) in [6.45, 7) is 1.55. The molecule has 0 atom stereocenters. The molecule has 0 aromatic rings. The van der Waals surface area contributed by atoms with E-state index < -0.39 is 5.97 Å². The molecule has 2 N–H and O–H groups in total. The van der Waals surface area contributed by atoms with E-state index in [1.807, 2.05) is 7.05 Å².